The lowest BCUT2D eigenvalue weighted by molar-refractivity contribution is 0.294. The number of ether oxygens (including phenoxy) is 1. The van der Waals surface area contributed by atoms with Crippen LogP contribution in [-0.2, 0) is 6.61 Å². The summed E-state index contributed by atoms with van der Waals surface area (Å²) in [6.45, 7) is 0.479. The van der Waals surface area contributed by atoms with Crippen molar-refractivity contribution in [2.24, 2.45) is 0 Å². The summed E-state index contributed by atoms with van der Waals surface area (Å²) in [6, 6.07) is 11.9. The van der Waals surface area contributed by atoms with E-state index in [9.17, 15) is 0 Å². The van der Waals surface area contributed by atoms with E-state index in [1.54, 1.807) is 18.0 Å². The van der Waals surface area contributed by atoms with E-state index in [4.69, 9.17) is 4.74 Å². The van der Waals surface area contributed by atoms with E-state index in [1.807, 2.05) is 43.6 Å². The van der Waals surface area contributed by atoms with Gasteiger partial charge in [0.15, 0.2) is 0 Å². The Bertz CT molecular complexity index is 517. The molecular formula is C14H16N2OS. The summed E-state index contributed by atoms with van der Waals surface area (Å²) in [5.41, 5.74) is 1.96. The molecule has 94 valence electrons. The van der Waals surface area contributed by atoms with Gasteiger partial charge >= 0.3 is 0 Å². The Morgan fingerprint density at radius 2 is 2.11 bits per heavy atom. The average Bonchev–Trinajstić information content (AvgIpc) is 2.45. The van der Waals surface area contributed by atoms with Crippen LogP contribution in [0.1, 0.15) is 5.69 Å². The molecule has 1 aromatic heterocycles. The highest BCUT2D eigenvalue weighted by Crippen LogP contribution is 2.27. The standard InChI is InChI=1S/C14H16N2OS/c1-15-11-7-8-16-12(9-11)10-17-13-5-3-4-6-14(13)18-2/h3-9H,10H2,1-2H3,(H,15,16). The van der Waals surface area contributed by atoms with Crippen LogP contribution in [0.25, 0.3) is 0 Å². The second-order valence-corrected chi connectivity index (χ2v) is 4.57. The Balaban J connectivity index is 2.06. The first-order valence-corrected chi connectivity index (χ1v) is 6.94. The van der Waals surface area contributed by atoms with Gasteiger partial charge in [0.2, 0.25) is 0 Å². The number of pyridine rings is 1. The molecule has 4 heteroatoms. The molecule has 2 aromatic rings. The quantitative estimate of drug-likeness (QED) is 0.835. The molecule has 0 fully saturated rings. The zero-order valence-corrected chi connectivity index (χ0v) is 11.3. The molecule has 1 heterocycles. The zero-order valence-electron chi connectivity index (χ0n) is 10.5. The van der Waals surface area contributed by atoms with Crippen LogP contribution in [0.4, 0.5) is 5.69 Å². The van der Waals surface area contributed by atoms with E-state index in [0.717, 1.165) is 22.0 Å². The molecule has 0 bridgehead atoms. The van der Waals surface area contributed by atoms with Gasteiger partial charge in [0.25, 0.3) is 0 Å². The van der Waals surface area contributed by atoms with Crippen LogP contribution in [0.5, 0.6) is 5.75 Å². The normalized spacial score (nSPS) is 10.1. The van der Waals surface area contributed by atoms with Crippen LogP contribution in [0.2, 0.25) is 0 Å². The third kappa shape index (κ3) is 3.17. The molecular weight excluding hydrogens is 244 g/mol. The number of benzene rings is 1. The maximum absolute atomic E-state index is 5.80. The predicted octanol–water partition coefficient (Wildman–Crippen LogP) is 3.42. The number of thioether (sulfide) groups is 1. The molecule has 0 saturated heterocycles. The number of hydrogen-bond donors (Lipinski definition) is 1. The summed E-state index contributed by atoms with van der Waals surface area (Å²) >= 11 is 1.68. The Kier molecular flexibility index (Phi) is 4.47. The minimum Gasteiger partial charge on any atom is -0.486 e. The highest BCUT2D eigenvalue weighted by atomic mass is 32.2. The molecule has 0 spiro atoms. The van der Waals surface area contributed by atoms with Crippen LogP contribution >= 0.6 is 11.8 Å². The van der Waals surface area contributed by atoms with Crippen LogP contribution in [0.15, 0.2) is 47.5 Å². The van der Waals surface area contributed by atoms with Crippen molar-refractivity contribution >= 4 is 17.4 Å². The molecule has 1 aromatic carbocycles. The van der Waals surface area contributed by atoms with Crippen LogP contribution in [0, 0.1) is 0 Å². The first-order chi connectivity index (χ1) is 8.83. The van der Waals surface area contributed by atoms with Gasteiger partial charge in [-0.3, -0.25) is 4.98 Å². The number of hydrogen-bond acceptors (Lipinski definition) is 4. The maximum Gasteiger partial charge on any atom is 0.133 e. The van der Waals surface area contributed by atoms with Gasteiger partial charge in [0.05, 0.1) is 5.69 Å². The molecule has 18 heavy (non-hydrogen) atoms. The van der Waals surface area contributed by atoms with Crippen molar-refractivity contribution in [2.45, 2.75) is 11.5 Å². The van der Waals surface area contributed by atoms with Crippen LogP contribution < -0.4 is 10.1 Å². The Labute approximate surface area is 112 Å². The molecule has 1 N–H and O–H groups in total. The van der Waals surface area contributed by atoms with Gasteiger partial charge in [-0.25, -0.2) is 0 Å². The fraction of sp³-hybridized carbons (Fsp3) is 0.214. The number of nitrogens with one attached hydrogen (secondary N) is 1. The molecule has 2 rings (SSSR count). The number of aromatic nitrogens is 1. The smallest absolute Gasteiger partial charge is 0.133 e. The van der Waals surface area contributed by atoms with E-state index >= 15 is 0 Å². The first-order valence-electron chi connectivity index (χ1n) is 5.72. The number of rotatable bonds is 5. The molecule has 0 aliphatic carbocycles. The lowest BCUT2D eigenvalue weighted by Crippen LogP contribution is -2.00. The van der Waals surface area contributed by atoms with Crippen molar-refractivity contribution in [1.82, 2.24) is 4.98 Å². The fourth-order valence-electron chi connectivity index (χ4n) is 1.60. The molecule has 0 atom stereocenters. The first kappa shape index (κ1) is 12.8. The minimum atomic E-state index is 0.479. The van der Waals surface area contributed by atoms with Crippen LogP contribution in [-0.4, -0.2) is 18.3 Å². The molecule has 0 radical (unpaired) electrons. The summed E-state index contributed by atoms with van der Waals surface area (Å²) in [7, 11) is 1.89. The fourth-order valence-corrected chi connectivity index (χ4v) is 2.15. The van der Waals surface area contributed by atoms with Crippen molar-refractivity contribution in [3.63, 3.8) is 0 Å². The Hall–Kier alpha value is -1.68. The number of para-hydroxylation sites is 1. The zero-order chi connectivity index (χ0) is 12.8. The van der Waals surface area contributed by atoms with E-state index in [-0.39, 0.29) is 0 Å². The Morgan fingerprint density at radius 1 is 1.28 bits per heavy atom. The van der Waals surface area contributed by atoms with Gasteiger partial charge in [0.1, 0.15) is 12.4 Å². The minimum absolute atomic E-state index is 0.479. The lowest BCUT2D eigenvalue weighted by atomic mass is 10.3. The van der Waals surface area contributed by atoms with Gasteiger partial charge in [-0.2, -0.15) is 0 Å². The molecule has 0 aliphatic heterocycles. The molecule has 0 aliphatic rings. The highest BCUT2D eigenvalue weighted by Gasteiger charge is 2.03. The third-order valence-corrected chi connectivity index (χ3v) is 3.33. The summed E-state index contributed by atoms with van der Waals surface area (Å²) in [5, 5.41) is 3.09. The topological polar surface area (TPSA) is 34.2 Å². The van der Waals surface area contributed by atoms with Crippen molar-refractivity contribution < 1.29 is 4.74 Å². The Morgan fingerprint density at radius 3 is 2.89 bits per heavy atom. The summed E-state index contributed by atoms with van der Waals surface area (Å²) < 4.78 is 5.80. The largest absolute Gasteiger partial charge is 0.486 e. The number of anilines is 1. The summed E-state index contributed by atoms with van der Waals surface area (Å²) in [6.07, 6.45) is 3.83. The van der Waals surface area contributed by atoms with Gasteiger partial charge in [0, 0.05) is 23.8 Å². The molecule has 0 saturated carbocycles. The third-order valence-electron chi connectivity index (χ3n) is 2.55. The maximum atomic E-state index is 5.80. The van der Waals surface area contributed by atoms with E-state index in [1.165, 1.54) is 0 Å². The van der Waals surface area contributed by atoms with Gasteiger partial charge in [-0.05, 0) is 30.5 Å². The second kappa shape index (κ2) is 6.31. The monoisotopic (exact) mass is 260 g/mol. The average molecular weight is 260 g/mol. The van der Waals surface area contributed by atoms with Crippen molar-refractivity contribution in [3.05, 3.63) is 48.3 Å². The predicted molar refractivity (Wildman–Crippen MR) is 76.3 cm³/mol. The van der Waals surface area contributed by atoms with Crippen molar-refractivity contribution in [2.75, 3.05) is 18.6 Å². The van der Waals surface area contributed by atoms with Gasteiger partial charge < -0.3 is 10.1 Å². The molecule has 0 unspecified atom stereocenters. The number of nitrogens with zero attached hydrogens (tertiary/aromatic N) is 1. The van der Waals surface area contributed by atoms with Crippen LogP contribution in [0.3, 0.4) is 0 Å². The molecule has 3 nitrogen and oxygen atoms in total. The molecule has 0 amide bonds. The summed E-state index contributed by atoms with van der Waals surface area (Å²) in [5.74, 6) is 0.904. The van der Waals surface area contributed by atoms with E-state index in [2.05, 4.69) is 16.4 Å². The van der Waals surface area contributed by atoms with Gasteiger partial charge in [-0.15, -0.1) is 11.8 Å². The highest BCUT2D eigenvalue weighted by molar-refractivity contribution is 7.98. The van der Waals surface area contributed by atoms with Crippen molar-refractivity contribution in [3.8, 4) is 5.75 Å². The van der Waals surface area contributed by atoms with E-state index < -0.39 is 0 Å². The lowest BCUT2D eigenvalue weighted by Gasteiger charge is -2.10. The van der Waals surface area contributed by atoms with Crippen molar-refractivity contribution in [1.29, 1.82) is 0 Å². The SMILES string of the molecule is CNc1ccnc(COc2ccccc2SC)c1. The second-order valence-electron chi connectivity index (χ2n) is 3.73. The van der Waals surface area contributed by atoms with E-state index in [0.29, 0.717) is 6.61 Å². The van der Waals surface area contributed by atoms with Gasteiger partial charge in [-0.1, -0.05) is 12.1 Å². The summed E-state index contributed by atoms with van der Waals surface area (Å²) in [4.78, 5) is 5.43.